The van der Waals surface area contributed by atoms with Crippen LogP contribution in [-0.2, 0) is 11.3 Å². The molecular formula is C25H43N5O3. The molecule has 0 fully saturated rings. The number of rotatable bonds is 12. The second-order valence-electron chi connectivity index (χ2n) is 10.9. The van der Waals surface area contributed by atoms with E-state index >= 15 is 0 Å². The summed E-state index contributed by atoms with van der Waals surface area (Å²) in [5, 5.41) is 8.63. The predicted molar refractivity (Wildman–Crippen MR) is 133 cm³/mol. The van der Waals surface area contributed by atoms with Gasteiger partial charge in [0, 0.05) is 49.8 Å². The van der Waals surface area contributed by atoms with Gasteiger partial charge in [-0.25, -0.2) is 0 Å². The molecule has 33 heavy (non-hydrogen) atoms. The highest BCUT2D eigenvalue weighted by Gasteiger charge is 2.23. The van der Waals surface area contributed by atoms with E-state index in [4.69, 9.17) is 11.5 Å². The van der Waals surface area contributed by atoms with Crippen molar-refractivity contribution in [3.63, 3.8) is 0 Å². The minimum Gasteiger partial charge on any atom is -0.352 e. The maximum atomic E-state index is 12.9. The van der Waals surface area contributed by atoms with Crippen molar-refractivity contribution in [2.45, 2.75) is 79.9 Å². The molecule has 1 aromatic rings. The molecule has 0 aliphatic carbocycles. The molecule has 0 bridgehead atoms. The molecule has 0 saturated heterocycles. The summed E-state index contributed by atoms with van der Waals surface area (Å²) in [5.41, 5.74) is 12.9. The minimum atomic E-state index is -0.274. The molecule has 2 atom stereocenters. The monoisotopic (exact) mass is 461 g/mol. The molecule has 2 unspecified atom stereocenters. The first kappa shape index (κ1) is 28.6. The fourth-order valence-electron chi connectivity index (χ4n) is 4.01. The minimum absolute atomic E-state index is 0.0275. The van der Waals surface area contributed by atoms with E-state index in [1.807, 2.05) is 41.5 Å². The number of carbonyl (C=O) groups excluding carboxylic acids is 3. The zero-order valence-corrected chi connectivity index (χ0v) is 21.3. The largest absolute Gasteiger partial charge is 0.352 e. The molecule has 0 radical (unpaired) electrons. The Balaban J connectivity index is 3.05. The van der Waals surface area contributed by atoms with Crippen molar-refractivity contribution >= 4 is 17.7 Å². The summed E-state index contributed by atoms with van der Waals surface area (Å²) in [6.45, 7) is 14.6. The van der Waals surface area contributed by atoms with Gasteiger partial charge in [0.15, 0.2) is 0 Å². The van der Waals surface area contributed by atoms with E-state index < -0.39 is 0 Å². The smallest absolute Gasteiger partial charge is 0.251 e. The van der Waals surface area contributed by atoms with Gasteiger partial charge in [0.25, 0.3) is 11.8 Å². The van der Waals surface area contributed by atoms with Gasteiger partial charge in [0.2, 0.25) is 5.91 Å². The first-order valence-corrected chi connectivity index (χ1v) is 11.6. The van der Waals surface area contributed by atoms with Gasteiger partial charge in [-0.15, -0.1) is 0 Å². The predicted octanol–water partition coefficient (Wildman–Crippen LogP) is 2.31. The molecule has 3 amide bonds. The summed E-state index contributed by atoms with van der Waals surface area (Å²) in [4.78, 5) is 37.2. The van der Waals surface area contributed by atoms with Gasteiger partial charge >= 0.3 is 0 Å². The zero-order valence-electron chi connectivity index (χ0n) is 21.3. The van der Waals surface area contributed by atoms with Crippen LogP contribution in [0.25, 0.3) is 0 Å². The molecule has 1 rings (SSSR count). The van der Waals surface area contributed by atoms with E-state index in [0.717, 1.165) is 12.8 Å². The maximum Gasteiger partial charge on any atom is 0.251 e. The van der Waals surface area contributed by atoms with Crippen LogP contribution in [0, 0.1) is 10.8 Å². The molecule has 0 heterocycles. The van der Waals surface area contributed by atoms with Crippen molar-refractivity contribution in [3.05, 3.63) is 34.9 Å². The van der Waals surface area contributed by atoms with Crippen molar-refractivity contribution in [1.29, 1.82) is 0 Å². The van der Waals surface area contributed by atoms with Crippen molar-refractivity contribution in [2.75, 3.05) is 13.1 Å². The molecular weight excluding hydrogens is 418 g/mol. The summed E-state index contributed by atoms with van der Waals surface area (Å²) in [7, 11) is 0. The highest BCUT2D eigenvalue weighted by atomic mass is 16.2. The Bertz CT molecular complexity index is 775. The Morgan fingerprint density at radius 3 is 1.52 bits per heavy atom. The summed E-state index contributed by atoms with van der Waals surface area (Å²) in [6, 6.07) is 5.03. The Morgan fingerprint density at radius 2 is 1.18 bits per heavy atom. The molecule has 1 aromatic carbocycles. The van der Waals surface area contributed by atoms with E-state index in [-0.39, 0.29) is 47.2 Å². The summed E-state index contributed by atoms with van der Waals surface area (Å²) < 4.78 is 0. The summed E-state index contributed by atoms with van der Waals surface area (Å²) in [5.74, 6) is -0.737. The lowest BCUT2D eigenvalue weighted by atomic mass is 9.86. The normalized spacial score (nSPS) is 13.7. The Kier molecular flexibility index (Phi) is 10.5. The number of carbonyl (C=O) groups is 3. The standard InChI is InChI=1S/C25H43N5O3/c1-16(26)11-24(4,5)14-29-22(32)20-8-19(13-28-18(3)31)9-21(10-20)23(33)30-15-25(6,7)12-17(2)27/h8-10,16-17H,11-15,26-27H2,1-7H3,(H,28,31)(H,29,32)(H,30,33). The van der Waals surface area contributed by atoms with Crippen LogP contribution < -0.4 is 27.4 Å². The Labute approximate surface area is 198 Å². The number of amides is 3. The molecule has 186 valence electrons. The quantitative estimate of drug-likeness (QED) is 0.325. The van der Waals surface area contributed by atoms with Crippen LogP contribution in [0.4, 0.5) is 0 Å². The third kappa shape index (κ3) is 11.3. The average Bonchev–Trinajstić information content (AvgIpc) is 2.66. The van der Waals surface area contributed by atoms with E-state index in [9.17, 15) is 14.4 Å². The van der Waals surface area contributed by atoms with Gasteiger partial charge in [-0.05, 0) is 61.3 Å². The molecule has 0 saturated carbocycles. The van der Waals surface area contributed by atoms with Gasteiger partial charge in [0.1, 0.15) is 0 Å². The van der Waals surface area contributed by atoms with Crippen LogP contribution in [-0.4, -0.2) is 42.9 Å². The molecule has 0 aromatic heterocycles. The molecule has 0 aliphatic rings. The van der Waals surface area contributed by atoms with Crippen LogP contribution in [0.15, 0.2) is 18.2 Å². The fourth-order valence-corrected chi connectivity index (χ4v) is 4.01. The van der Waals surface area contributed by atoms with Gasteiger partial charge in [-0.2, -0.15) is 0 Å². The molecule has 0 aliphatic heterocycles. The van der Waals surface area contributed by atoms with E-state index in [1.54, 1.807) is 18.2 Å². The lowest BCUT2D eigenvalue weighted by molar-refractivity contribution is -0.119. The Hall–Kier alpha value is -2.45. The number of nitrogens with two attached hydrogens (primary N) is 2. The summed E-state index contributed by atoms with van der Waals surface area (Å²) >= 11 is 0. The molecule has 7 N–H and O–H groups in total. The van der Waals surface area contributed by atoms with Crippen molar-refractivity contribution in [2.24, 2.45) is 22.3 Å². The van der Waals surface area contributed by atoms with Gasteiger partial charge < -0.3 is 27.4 Å². The van der Waals surface area contributed by atoms with Gasteiger partial charge in [-0.1, -0.05) is 27.7 Å². The first-order valence-electron chi connectivity index (χ1n) is 11.6. The first-order chi connectivity index (χ1) is 15.1. The van der Waals surface area contributed by atoms with Crippen LogP contribution in [0.2, 0.25) is 0 Å². The molecule has 8 heteroatoms. The van der Waals surface area contributed by atoms with Gasteiger partial charge in [0.05, 0.1) is 0 Å². The lowest BCUT2D eigenvalue weighted by Gasteiger charge is -2.27. The van der Waals surface area contributed by atoms with E-state index in [2.05, 4.69) is 16.0 Å². The average molecular weight is 462 g/mol. The zero-order chi connectivity index (χ0) is 25.4. The van der Waals surface area contributed by atoms with Crippen molar-refractivity contribution in [3.8, 4) is 0 Å². The van der Waals surface area contributed by atoms with E-state index in [0.29, 0.717) is 29.8 Å². The SMILES string of the molecule is CC(=O)NCc1cc(C(=O)NCC(C)(C)CC(C)N)cc(C(=O)NCC(C)(C)CC(C)N)c1. The topological polar surface area (TPSA) is 139 Å². The fraction of sp³-hybridized carbons (Fsp3) is 0.640. The number of benzene rings is 1. The number of hydrogen-bond donors (Lipinski definition) is 5. The molecule has 8 nitrogen and oxygen atoms in total. The third-order valence-electron chi connectivity index (χ3n) is 5.26. The van der Waals surface area contributed by atoms with E-state index in [1.165, 1.54) is 6.92 Å². The Morgan fingerprint density at radius 1 is 0.788 bits per heavy atom. The highest BCUT2D eigenvalue weighted by Crippen LogP contribution is 2.22. The number of hydrogen-bond acceptors (Lipinski definition) is 5. The third-order valence-corrected chi connectivity index (χ3v) is 5.26. The highest BCUT2D eigenvalue weighted by molar-refractivity contribution is 6.00. The lowest BCUT2D eigenvalue weighted by Crippen LogP contribution is -2.38. The van der Waals surface area contributed by atoms with Crippen LogP contribution in [0.5, 0.6) is 0 Å². The van der Waals surface area contributed by atoms with Crippen LogP contribution >= 0.6 is 0 Å². The van der Waals surface area contributed by atoms with Crippen LogP contribution in [0.1, 0.15) is 87.6 Å². The molecule has 0 spiro atoms. The van der Waals surface area contributed by atoms with Crippen LogP contribution in [0.3, 0.4) is 0 Å². The second kappa shape index (κ2) is 12.1. The van der Waals surface area contributed by atoms with Crippen molar-refractivity contribution in [1.82, 2.24) is 16.0 Å². The second-order valence-corrected chi connectivity index (χ2v) is 10.9. The van der Waals surface area contributed by atoms with Crippen molar-refractivity contribution < 1.29 is 14.4 Å². The van der Waals surface area contributed by atoms with Gasteiger partial charge in [-0.3, -0.25) is 14.4 Å². The maximum absolute atomic E-state index is 12.9. The summed E-state index contributed by atoms with van der Waals surface area (Å²) in [6.07, 6.45) is 1.53. The number of nitrogens with one attached hydrogen (secondary N) is 3.